The molecule has 3 amide bonds. The van der Waals surface area contributed by atoms with E-state index in [0.29, 0.717) is 25.5 Å². The molecule has 0 atom stereocenters. The monoisotopic (exact) mass is 330 g/mol. The van der Waals surface area contributed by atoms with E-state index in [0.717, 1.165) is 5.69 Å². The van der Waals surface area contributed by atoms with Crippen molar-refractivity contribution in [1.82, 2.24) is 10.2 Å². The molecule has 2 aliphatic rings. The van der Waals surface area contributed by atoms with Gasteiger partial charge in [-0.2, -0.15) is 0 Å². The van der Waals surface area contributed by atoms with Gasteiger partial charge in [0, 0.05) is 18.8 Å². The number of amides is 3. The number of nitrogens with one attached hydrogen (secondary N) is 1. The van der Waals surface area contributed by atoms with Crippen molar-refractivity contribution in [2.45, 2.75) is 19.4 Å². The molecular weight excluding hydrogens is 308 g/mol. The summed E-state index contributed by atoms with van der Waals surface area (Å²) in [5.74, 6) is 0.321. The summed E-state index contributed by atoms with van der Waals surface area (Å²) in [5, 5.41) is 2.76. The minimum atomic E-state index is -0.304. The molecule has 7 heteroatoms. The van der Waals surface area contributed by atoms with E-state index in [1.165, 1.54) is 0 Å². The van der Waals surface area contributed by atoms with Gasteiger partial charge in [0.2, 0.25) is 11.8 Å². The Kier molecular flexibility index (Phi) is 4.42. The number of carbonyl (C=O) groups excluding carboxylic acids is 2. The third-order valence-corrected chi connectivity index (χ3v) is 3.96. The first kappa shape index (κ1) is 16.3. The zero-order chi connectivity index (χ0) is 17.2. The molecule has 2 heterocycles. The molecule has 0 aromatic heterocycles. The van der Waals surface area contributed by atoms with Crippen LogP contribution in [0.15, 0.2) is 35.3 Å². The van der Waals surface area contributed by atoms with Crippen molar-refractivity contribution in [3.63, 3.8) is 0 Å². The van der Waals surface area contributed by atoms with Crippen LogP contribution in [0.25, 0.3) is 0 Å². The quantitative estimate of drug-likeness (QED) is 0.883. The van der Waals surface area contributed by atoms with Crippen LogP contribution in [0.2, 0.25) is 0 Å². The normalized spacial score (nSPS) is 19.2. The predicted octanol–water partition coefficient (Wildman–Crippen LogP) is 1.25. The maximum Gasteiger partial charge on any atom is 0.325 e. The summed E-state index contributed by atoms with van der Waals surface area (Å²) in [6.45, 7) is 5.91. The Hall–Kier alpha value is -2.57. The van der Waals surface area contributed by atoms with Crippen molar-refractivity contribution in [2.75, 3.05) is 37.6 Å². The lowest BCUT2D eigenvalue weighted by atomic mass is 10.1. The van der Waals surface area contributed by atoms with Gasteiger partial charge in [-0.15, -0.1) is 0 Å². The molecule has 0 unspecified atom stereocenters. The van der Waals surface area contributed by atoms with E-state index in [1.807, 2.05) is 44.2 Å². The Balaban J connectivity index is 1.48. The molecule has 2 aliphatic heterocycles. The Labute approximate surface area is 141 Å². The minimum Gasteiger partial charge on any atom is -0.472 e. The van der Waals surface area contributed by atoms with Crippen LogP contribution < -0.4 is 10.2 Å². The van der Waals surface area contributed by atoms with E-state index in [-0.39, 0.29) is 30.6 Å². The molecule has 1 aromatic carbocycles. The van der Waals surface area contributed by atoms with Gasteiger partial charge in [-0.1, -0.05) is 18.2 Å². The van der Waals surface area contributed by atoms with Crippen molar-refractivity contribution < 1.29 is 14.3 Å². The van der Waals surface area contributed by atoms with Crippen molar-refractivity contribution in [1.29, 1.82) is 0 Å². The predicted molar refractivity (Wildman–Crippen MR) is 91.2 cm³/mol. The van der Waals surface area contributed by atoms with Crippen molar-refractivity contribution >= 4 is 23.5 Å². The number of hydrogen-bond acceptors (Lipinski definition) is 4. The average Bonchev–Trinajstić information content (AvgIpc) is 3.09. The first-order valence-electron chi connectivity index (χ1n) is 8.05. The number of ether oxygens (including phenoxy) is 1. The Morgan fingerprint density at radius 2 is 2.04 bits per heavy atom. The van der Waals surface area contributed by atoms with E-state index in [1.54, 1.807) is 9.80 Å². The lowest BCUT2D eigenvalue weighted by Gasteiger charge is -2.19. The molecule has 1 fully saturated rings. The van der Waals surface area contributed by atoms with Crippen molar-refractivity contribution in [3.05, 3.63) is 30.3 Å². The van der Waals surface area contributed by atoms with Crippen LogP contribution >= 0.6 is 0 Å². The third-order valence-electron chi connectivity index (χ3n) is 3.96. The lowest BCUT2D eigenvalue weighted by Crippen LogP contribution is -2.41. The fourth-order valence-electron chi connectivity index (χ4n) is 2.73. The Morgan fingerprint density at radius 3 is 2.71 bits per heavy atom. The summed E-state index contributed by atoms with van der Waals surface area (Å²) in [5.41, 5.74) is 0.544. The van der Waals surface area contributed by atoms with E-state index in [9.17, 15) is 9.59 Å². The number of urea groups is 1. The molecule has 0 radical (unpaired) electrons. The van der Waals surface area contributed by atoms with Gasteiger partial charge in [-0.25, -0.2) is 9.79 Å². The molecular formula is C17H22N4O3. The highest BCUT2D eigenvalue weighted by atomic mass is 16.5. The van der Waals surface area contributed by atoms with E-state index in [2.05, 4.69) is 10.3 Å². The smallest absolute Gasteiger partial charge is 0.325 e. The highest BCUT2D eigenvalue weighted by Crippen LogP contribution is 2.19. The summed E-state index contributed by atoms with van der Waals surface area (Å²) in [7, 11) is 0. The second-order valence-corrected chi connectivity index (χ2v) is 6.54. The fraction of sp³-hybridized carbons (Fsp3) is 0.471. The van der Waals surface area contributed by atoms with Gasteiger partial charge in [-0.05, 0) is 26.0 Å². The maximum atomic E-state index is 12.4. The number of rotatable bonds is 5. The summed E-state index contributed by atoms with van der Waals surface area (Å²) in [6, 6.07) is 9.32. The second-order valence-electron chi connectivity index (χ2n) is 6.54. The summed E-state index contributed by atoms with van der Waals surface area (Å²) in [6.07, 6.45) is 0. The molecule has 1 aromatic rings. The molecule has 0 bridgehead atoms. The number of benzene rings is 1. The van der Waals surface area contributed by atoms with Gasteiger partial charge in [0.25, 0.3) is 0 Å². The zero-order valence-corrected chi connectivity index (χ0v) is 14.0. The number of aliphatic imine (C=N–C) groups is 1. The van der Waals surface area contributed by atoms with Crippen molar-refractivity contribution in [2.24, 2.45) is 4.99 Å². The van der Waals surface area contributed by atoms with Crippen LogP contribution in [0, 0.1) is 0 Å². The van der Waals surface area contributed by atoms with Gasteiger partial charge < -0.3 is 15.0 Å². The van der Waals surface area contributed by atoms with Gasteiger partial charge >= 0.3 is 6.03 Å². The SMILES string of the molecule is CC1(C)CN=C(CNC(=O)CN2CCN(c3ccccc3)C2=O)O1. The van der Waals surface area contributed by atoms with Crippen LogP contribution in [0.3, 0.4) is 0 Å². The van der Waals surface area contributed by atoms with Gasteiger partial charge in [0.1, 0.15) is 12.1 Å². The highest BCUT2D eigenvalue weighted by molar-refractivity contribution is 5.96. The average molecular weight is 330 g/mol. The molecule has 7 nitrogen and oxygen atoms in total. The Morgan fingerprint density at radius 1 is 1.29 bits per heavy atom. The lowest BCUT2D eigenvalue weighted by molar-refractivity contribution is -0.121. The molecule has 0 spiro atoms. The molecule has 128 valence electrons. The fourth-order valence-corrected chi connectivity index (χ4v) is 2.73. The van der Waals surface area contributed by atoms with Crippen LogP contribution in [0.5, 0.6) is 0 Å². The standard InChI is InChI=1S/C17H22N4O3/c1-17(2)12-19-15(24-17)10-18-14(22)11-20-8-9-21(16(20)23)13-6-4-3-5-7-13/h3-7H,8-12H2,1-2H3,(H,18,22). The summed E-state index contributed by atoms with van der Waals surface area (Å²) >= 11 is 0. The zero-order valence-electron chi connectivity index (χ0n) is 14.0. The molecule has 1 N–H and O–H groups in total. The first-order valence-corrected chi connectivity index (χ1v) is 8.05. The van der Waals surface area contributed by atoms with Crippen LogP contribution in [-0.2, 0) is 9.53 Å². The van der Waals surface area contributed by atoms with E-state index in [4.69, 9.17) is 4.74 Å². The topological polar surface area (TPSA) is 74.2 Å². The first-order chi connectivity index (χ1) is 11.4. The molecule has 0 aliphatic carbocycles. The largest absolute Gasteiger partial charge is 0.472 e. The molecule has 0 saturated carbocycles. The Bertz CT molecular complexity index is 657. The van der Waals surface area contributed by atoms with Gasteiger partial charge in [-0.3, -0.25) is 9.69 Å². The minimum absolute atomic E-state index is 0.0405. The van der Waals surface area contributed by atoms with Gasteiger partial charge in [0.15, 0.2) is 0 Å². The second kappa shape index (κ2) is 6.51. The number of carbonyl (C=O) groups is 2. The van der Waals surface area contributed by atoms with E-state index < -0.39 is 0 Å². The molecule has 3 rings (SSSR count). The maximum absolute atomic E-state index is 12.4. The van der Waals surface area contributed by atoms with Crippen LogP contribution in [0.4, 0.5) is 10.5 Å². The number of anilines is 1. The van der Waals surface area contributed by atoms with Crippen molar-refractivity contribution in [3.8, 4) is 0 Å². The number of para-hydroxylation sites is 1. The number of hydrogen-bond donors (Lipinski definition) is 1. The van der Waals surface area contributed by atoms with Gasteiger partial charge in [0.05, 0.1) is 13.1 Å². The number of nitrogens with zero attached hydrogens (tertiary/aromatic N) is 3. The summed E-state index contributed by atoms with van der Waals surface area (Å²) in [4.78, 5) is 32.0. The van der Waals surface area contributed by atoms with E-state index >= 15 is 0 Å². The van der Waals surface area contributed by atoms with Crippen LogP contribution in [0.1, 0.15) is 13.8 Å². The highest BCUT2D eigenvalue weighted by Gasteiger charge is 2.31. The summed E-state index contributed by atoms with van der Waals surface area (Å²) < 4.78 is 5.61. The molecule has 24 heavy (non-hydrogen) atoms. The third kappa shape index (κ3) is 3.67. The molecule has 1 saturated heterocycles. The van der Waals surface area contributed by atoms with Crippen LogP contribution in [-0.4, -0.2) is 61.1 Å².